The van der Waals surface area contributed by atoms with Gasteiger partial charge in [0.2, 0.25) is 5.91 Å². The second kappa shape index (κ2) is 6.63. The van der Waals surface area contributed by atoms with Crippen LogP contribution in [0.1, 0.15) is 5.56 Å². The molecule has 1 N–H and O–H groups in total. The Balaban J connectivity index is 1.83. The quantitative estimate of drug-likeness (QED) is 0.870. The van der Waals surface area contributed by atoms with E-state index in [9.17, 15) is 9.18 Å². The molecule has 1 fully saturated rings. The van der Waals surface area contributed by atoms with Crippen molar-refractivity contribution < 1.29 is 9.18 Å². The molecule has 1 aromatic rings. The van der Waals surface area contributed by atoms with Gasteiger partial charge in [-0.2, -0.15) is 0 Å². The van der Waals surface area contributed by atoms with Gasteiger partial charge in [0.25, 0.3) is 0 Å². The van der Waals surface area contributed by atoms with Crippen LogP contribution in [-0.2, 0) is 11.3 Å². The second-order valence-corrected chi connectivity index (χ2v) is 4.93. The van der Waals surface area contributed by atoms with Crippen molar-refractivity contribution in [3.63, 3.8) is 0 Å². The molecule has 2 rings (SSSR count). The van der Waals surface area contributed by atoms with Gasteiger partial charge in [0.1, 0.15) is 5.82 Å². The fourth-order valence-electron chi connectivity index (χ4n) is 2.25. The molecule has 1 saturated heterocycles. The largest absolute Gasteiger partial charge is 0.339 e. The summed E-state index contributed by atoms with van der Waals surface area (Å²) in [5, 5.41) is 3.22. The zero-order chi connectivity index (χ0) is 13.7. The van der Waals surface area contributed by atoms with Gasteiger partial charge in [0, 0.05) is 32.7 Å². The lowest BCUT2D eigenvalue weighted by Gasteiger charge is -2.29. The summed E-state index contributed by atoms with van der Waals surface area (Å²) in [5.41, 5.74) is 0.885. The molecule has 0 unspecified atom stereocenters. The summed E-state index contributed by atoms with van der Waals surface area (Å²) in [6.45, 7) is 4.21. The molecule has 5 heteroatoms. The van der Waals surface area contributed by atoms with E-state index in [1.54, 1.807) is 6.07 Å². The van der Waals surface area contributed by atoms with Gasteiger partial charge >= 0.3 is 0 Å². The normalized spacial score (nSPS) is 15.8. The van der Waals surface area contributed by atoms with Crippen LogP contribution in [0.4, 0.5) is 4.39 Å². The number of carbonyl (C=O) groups is 1. The lowest BCUT2D eigenvalue weighted by Crippen LogP contribution is -2.49. The predicted molar refractivity (Wildman–Crippen MR) is 72.2 cm³/mol. The highest BCUT2D eigenvalue weighted by Gasteiger charge is 2.17. The summed E-state index contributed by atoms with van der Waals surface area (Å²) in [6, 6.07) is 6.49. The van der Waals surface area contributed by atoms with Gasteiger partial charge in [0.15, 0.2) is 0 Å². The fourth-order valence-corrected chi connectivity index (χ4v) is 2.25. The molecule has 0 bridgehead atoms. The fraction of sp³-hybridized carbons (Fsp3) is 0.500. The number of benzene rings is 1. The Morgan fingerprint density at radius 1 is 1.42 bits per heavy atom. The highest BCUT2D eigenvalue weighted by atomic mass is 19.1. The first kappa shape index (κ1) is 14.0. The molecule has 0 aliphatic carbocycles. The molecule has 1 aliphatic heterocycles. The Morgan fingerprint density at radius 2 is 2.16 bits per heavy atom. The number of halogens is 1. The minimum absolute atomic E-state index is 0.139. The van der Waals surface area contributed by atoms with Crippen molar-refractivity contribution in [2.75, 3.05) is 39.8 Å². The highest BCUT2D eigenvalue weighted by molar-refractivity contribution is 5.78. The third-order valence-corrected chi connectivity index (χ3v) is 3.22. The molecular weight excluding hydrogens is 245 g/mol. The van der Waals surface area contributed by atoms with Gasteiger partial charge in [-0.1, -0.05) is 12.1 Å². The number of amides is 1. The Labute approximate surface area is 113 Å². The van der Waals surface area contributed by atoms with Crippen LogP contribution in [0, 0.1) is 5.82 Å². The molecular formula is C14H20FN3O. The van der Waals surface area contributed by atoms with E-state index >= 15 is 0 Å². The third kappa shape index (κ3) is 4.29. The third-order valence-electron chi connectivity index (χ3n) is 3.22. The first-order valence-corrected chi connectivity index (χ1v) is 6.56. The molecule has 1 amide bonds. The number of hydrogen-bond acceptors (Lipinski definition) is 3. The molecule has 104 valence electrons. The van der Waals surface area contributed by atoms with Crippen molar-refractivity contribution in [2.45, 2.75) is 6.54 Å². The van der Waals surface area contributed by atoms with Crippen LogP contribution in [-0.4, -0.2) is 55.5 Å². The molecule has 0 saturated carbocycles. The van der Waals surface area contributed by atoms with Crippen LogP contribution >= 0.6 is 0 Å². The monoisotopic (exact) mass is 265 g/mol. The molecule has 0 atom stereocenters. The Hall–Kier alpha value is -1.46. The predicted octanol–water partition coefficient (Wildman–Crippen LogP) is 0.689. The standard InChI is InChI=1S/C14H20FN3O/c1-17(10-12-3-2-4-13(15)9-12)11-14(19)18-7-5-16-6-8-18/h2-4,9,16H,5-8,10-11H2,1H3. The first-order valence-electron chi connectivity index (χ1n) is 6.56. The smallest absolute Gasteiger partial charge is 0.236 e. The van der Waals surface area contributed by atoms with E-state index in [2.05, 4.69) is 5.32 Å². The Bertz CT molecular complexity index is 432. The Morgan fingerprint density at radius 3 is 2.84 bits per heavy atom. The lowest BCUT2D eigenvalue weighted by molar-refractivity contribution is -0.132. The van der Waals surface area contributed by atoms with Crippen LogP contribution in [0.25, 0.3) is 0 Å². The molecule has 0 radical (unpaired) electrons. The van der Waals surface area contributed by atoms with E-state index in [-0.39, 0.29) is 11.7 Å². The van der Waals surface area contributed by atoms with Crippen molar-refractivity contribution >= 4 is 5.91 Å². The van der Waals surface area contributed by atoms with Gasteiger partial charge in [-0.15, -0.1) is 0 Å². The summed E-state index contributed by atoms with van der Waals surface area (Å²) in [5.74, 6) is -0.0975. The molecule has 19 heavy (non-hydrogen) atoms. The van der Waals surface area contributed by atoms with E-state index in [1.807, 2.05) is 22.9 Å². The maximum Gasteiger partial charge on any atom is 0.236 e. The molecule has 1 aliphatic rings. The zero-order valence-electron chi connectivity index (χ0n) is 11.2. The van der Waals surface area contributed by atoms with Crippen molar-refractivity contribution in [3.05, 3.63) is 35.6 Å². The summed E-state index contributed by atoms with van der Waals surface area (Å²) in [6.07, 6.45) is 0. The van der Waals surface area contributed by atoms with Crippen LogP contribution in [0.15, 0.2) is 24.3 Å². The van der Waals surface area contributed by atoms with Crippen molar-refractivity contribution in [2.24, 2.45) is 0 Å². The number of hydrogen-bond donors (Lipinski definition) is 1. The van der Waals surface area contributed by atoms with Gasteiger partial charge in [-0.05, 0) is 24.7 Å². The second-order valence-electron chi connectivity index (χ2n) is 4.93. The van der Waals surface area contributed by atoms with Crippen molar-refractivity contribution in [3.8, 4) is 0 Å². The Kier molecular flexibility index (Phi) is 4.87. The van der Waals surface area contributed by atoms with Crippen LogP contribution in [0.2, 0.25) is 0 Å². The van der Waals surface area contributed by atoms with Crippen molar-refractivity contribution in [1.82, 2.24) is 15.1 Å². The molecule has 0 spiro atoms. The number of piperazine rings is 1. The number of nitrogens with one attached hydrogen (secondary N) is 1. The number of likely N-dealkylation sites (N-methyl/N-ethyl adjacent to an activating group) is 1. The minimum Gasteiger partial charge on any atom is -0.339 e. The van der Waals surface area contributed by atoms with Gasteiger partial charge < -0.3 is 10.2 Å². The maximum atomic E-state index is 13.1. The van der Waals surface area contributed by atoms with E-state index in [1.165, 1.54) is 12.1 Å². The first-order chi connectivity index (χ1) is 9.15. The molecule has 1 aromatic carbocycles. The average molecular weight is 265 g/mol. The summed E-state index contributed by atoms with van der Waals surface area (Å²) >= 11 is 0. The zero-order valence-corrected chi connectivity index (χ0v) is 11.2. The summed E-state index contributed by atoms with van der Waals surface area (Å²) < 4.78 is 13.1. The molecule has 1 heterocycles. The SMILES string of the molecule is CN(CC(=O)N1CCNCC1)Cc1cccc(F)c1. The average Bonchev–Trinajstić information content (AvgIpc) is 2.39. The highest BCUT2D eigenvalue weighted by Crippen LogP contribution is 2.06. The maximum absolute atomic E-state index is 13.1. The number of carbonyl (C=O) groups excluding carboxylic acids is 1. The van der Waals surface area contributed by atoms with Crippen LogP contribution in [0.5, 0.6) is 0 Å². The number of rotatable bonds is 4. The molecule has 4 nitrogen and oxygen atoms in total. The molecule has 0 aromatic heterocycles. The van der Waals surface area contributed by atoms with Crippen LogP contribution < -0.4 is 5.32 Å². The van der Waals surface area contributed by atoms with Gasteiger partial charge in [-0.3, -0.25) is 9.69 Å². The van der Waals surface area contributed by atoms with E-state index < -0.39 is 0 Å². The summed E-state index contributed by atoms with van der Waals surface area (Å²) in [4.78, 5) is 15.8. The van der Waals surface area contributed by atoms with Gasteiger partial charge in [-0.25, -0.2) is 4.39 Å². The van der Waals surface area contributed by atoms with E-state index in [0.717, 1.165) is 31.7 Å². The van der Waals surface area contributed by atoms with Crippen LogP contribution in [0.3, 0.4) is 0 Å². The van der Waals surface area contributed by atoms with Gasteiger partial charge in [0.05, 0.1) is 6.54 Å². The topological polar surface area (TPSA) is 35.6 Å². The summed E-state index contributed by atoms with van der Waals surface area (Å²) in [7, 11) is 1.88. The van der Waals surface area contributed by atoms with E-state index in [4.69, 9.17) is 0 Å². The number of nitrogens with zero attached hydrogens (tertiary/aromatic N) is 2. The van der Waals surface area contributed by atoms with E-state index in [0.29, 0.717) is 13.1 Å². The van der Waals surface area contributed by atoms with Crippen molar-refractivity contribution in [1.29, 1.82) is 0 Å². The minimum atomic E-state index is -0.237. The lowest BCUT2D eigenvalue weighted by atomic mass is 10.2.